The van der Waals surface area contributed by atoms with Crippen LogP contribution in [0, 0.1) is 11.3 Å². The number of fused-ring (bicyclic) bond motifs is 1. The molecule has 1 aromatic carbocycles. The first-order chi connectivity index (χ1) is 10.2. The molecule has 1 aromatic rings. The molecule has 3 rings (SSSR count). The summed E-state index contributed by atoms with van der Waals surface area (Å²) in [6.45, 7) is 3.53. The van der Waals surface area contributed by atoms with E-state index < -0.39 is 5.79 Å². The number of nitrogens with zero attached hydrogens (tertiary/aromatic N) is 3. The first-order valence-electron chi connectivity index (χ1n) is 7.24. The minimum Gasteiger partial charge on any atom is -0.333 e. The average molecular weight is 281 g/mol. The van der Waals surface area contributed by atoms with Crippen LogP contribution in [0.4, 0.5) is 0 Å². The molecule has 5 nitrogen and oxygen atoms in total. The second kappa shape index (κ2) is 5.32. The largest absolute Gasteiger partial charge is 0.333 e. The summed E-state index contributed by atoms with van der Waals surface area (Å²) in [5.41, 5.74) is 9.79. The summed E-state index contributed by atoms with van der Waals surface area (Å²) in [5.74, 6) is -1.00. The molecule has 0 aliphatic carbocycles. The smallest absolute Gasteiger partial charge is 0.199 e. The van der Waals surface area contributed by atoms with Crippen LogP contribution in [0.3, 0.4) is 0 Å². The van der Waals surface area contributed by atoms with Crippen LogP contribution >= 0.6 is 0 Å². The van der Waals surface area contributed by atoms with Crippen LogP contribution in [-0.2, 0) is 0 Å². The lowest BCUT2D eigenvalue weighted by atomic mass is 10.0. The van der Waals surface area contributed by atoms with E-state index in [1.807, 2.05) is 25.1 Å². The van der Waals surface area contributed by atoms with Crippen molar-refractivity contribution in [2.45, 2.75) is 25.6 Å². The van der Waals surface area contributed by atoms with Crippen LogP contribution in [0.15, 0.2) is 41.0 Å². The SMILES string of the molecule is CC1=C(c2ccccc2)N2CCCCNC2(N)C(C#N)=N1. The molecule has 2 aliphatic heterocycles. The van der Waals surface area contributed by atoms with Gasteiger partial charge in [0.2, 0.25) is 0 Å². The Kier molecular flexibility index (Phi) is 3.50. The topological polar surface area (TPSA) is 77.4 Å². The highest BCUT2D eigenvalue weighted by Crippen LogP contribution is 2.33. The normalized spacial score (nSPS) is 25.8. The van der Waals surface area contributed by atoms with Crippen LogP contribution in [0.5, 0.6) is 0 Å². The summed E-state index contributed by atoms with van der Waals surface area (Å²) < 4.78 is 0. The maximum atomic E-state index is 9.41. The van der Waals surface area contributed by atoms with Crippen molar-refractivity contribution in [2.75, 3.05) is 13.1 Å². The van der Waals surface area contributed by atoms with Crippen LogP contribution in [-0.4, -0.2) is 29.5 Å². The van der Waals surface area contributed by atoms with Gasteiger partial charge in [0.25, 0.3) is 0 Å². The van der Waals surface area contributed by atoms with E-state index in [-0.39, 0.29) is 0 Å². The maximum absolute atomic E-state index is 9.41. The number of allylic oxidation sites excluding steroid dienone is 1. The van der Waals surface area contributed by atoms with E-state index >= 15 is 0 Å². The van der Waals surface area contributed by atoms with E-state index in [1.54, 1.807) is 0 Å². The highest BCUT2D eigenvalue weighted by atomic mass is 15.4. The number of hydrogen-bond acceptors (Lipinski definition) is 5. The zero-order valence-corrected chi connectivity index (χ0v) is 12.1. The fraction of sp³-hybridized carbons (Fsp3) is 0.375. The molecule has 5 heteroatoms. The highest BCUT2D eigenvalue weighted by Gasteiger charge is 2.43. The van der Waals surface area contributed by atoms with Gasteiger partial charge in [0, 0.05) is 6.54 Å². The third-order valence-electron chi connectivity index (χ3n) is 4.04. The number of benzene rings is 1. The molecule has 0 bridgehead atoms. The van der Waals surface area contributed by atoms with Crippen molar-refractivity contribution >= 4 is 11.4 Å². The zero-order chi connectivity index (χ0) is 14.9. The zero-order valence-electron chi connectivity index (χ0n) is 12.1. The van der Waals surface area contributed by atoms with Gasteiger partial charge in [-0.2, -0.15) is 5.26 Å². The molecule has 0 amide bonds. The maximum Gasteiger partial charge on any atom is 0.199 e. The molecule has 0 aromatic heterocycles. The highest BCUT2D eigenvalue weighted by molar-refractivity contribution is 6.08. The molecule has 108 valence electrons. The predicted octanol–water partition coefficient (Wildman–Crippen LogP) is 1.65. The second-order valence-corrected chi connectivity index (χ2v) is 5.42. The van der Waals surface area contributed by atoms with Crippen molar-refractivity contribution < 1.29 is 0 Å². The minimum absolute atomic E-state index is 0.335. The number of nitrogens with one attached hydrogen (secondary N) is 1. The van der Waals surface area contributed by atoms with Gasteiger partial charge in [-0.1, -0.05) is 30.3 Å². The minimum atomic E-state index is -1.00. The first-order valence-corrected chi connectivity index (χ1v) is 7.24. The third-order valence-corrected chi connectivity index (χ3v) is 4.04. The standard InChI is InChI=1S/C16H19N5/c1-12-15(13-7-3-2-4-8-13)21-10-6-5-9-19-16(21,18)14(11-17)20-12/h2-4,7-8,19H,5-6,9-10,18H2,1H3. The Bertz CT molecular complexity index is 640. The summed E-state index contributed by atoms with van der Waals surface area (Å²) in [4.78, 5) is 6.56. The molecule has 1 saturated heterocycles. The summed E-state index contributed by atoms with van der Waals surface area (Å²) in [6.07, 6.45) is 2.07. The molecule has 0 saturated carbocycles. The summed E-state index contributed by atoms with van der Waals surface area (Å²) >= 11 is 0. The van der Waals surface area contributed by atoms with Crippen molar-refractivity contribution in [3.8, 4) is 6.07 Å². The molecule has 0 spiro atoms. The van der Waals surface area contributed by atoms with Gasteiger partial charge in [0.15, 0.2) is 11.5 Å². The molecule has 1 fully saturated rings. The van der Waals surface area contributed by atoms with E-state index in [0.29, 0.717) is 5.71 Å². The van der Waals surface area contributed by atoms with Crippen molar-refractivity contribution in [3.63, 3.8) is 0 Å². The summed E-state index contributed by atoms with van der Waals surface area (Å²) in [5, 5.41) is 12.7. The fourth-order valence-electron chi connectivity index (χ4n) is 3.02. The molecular formula is C16H19N5. The Morgan fingerprint density at radius 2 is 2.10 bits per heavy atom. The molecule has 2 aliphatic rings. The third kappa shape index (κ3) is 2.23. The average Bonchev–Trinajstić information content (AvgIpc) is 2.70. The molecule has 1 unspecified atom stereocenters. The van der Waals surface area contributed by atoms with Gasteiger partial charge in [-0.25, -0.2) is 4.99 Å². The Morgan fingerprint density at radius 3 is 2.81 bits per heavy atom. The van der Waals surface area contributed by atoms with Gasteiger partial charge < -0.3 is 4.90 Å². The molecular weight excluding hydrogens is 262 g/mol. The molecule has 3 N–H and O–H groups in total. The monoisotopic (exact) mass is 281 g/mol. The van der Waals surface area contributed by atoms with Crippen LogP contribution in [0.25, 0.3) is 5.70 Å². The van der Waals surface area contributed by atoms with Gasteiger partial charge in [-0.15, -0.1) is 0 Å². The number of rotatable bonds is 1. The first kappa shape index (κ1) is 13.8. The van der Waals surface area contributed by atoms with Crippen LogP contribution in [0.2, 0.25) is 0 Å². The lowest BCUT2D eigenvalue weighted by Gasteiger charge is -2.44. The van der Waals surface area contributed by atoms with Crippen molar-refractivity contribution in [3.05, 3.63) is 41.6 Å². The van der Waals surface area contributed by atoms with Crippen LogP contribution in [0.1, 0.15) is 25.3 Å². The second-order valence-electron chi connectivity index (χ2n) is 5.42. The van der Waals surface area contributed by atoms with Crippen molar-refractivity contribution in [1.29, 1.82) is 5.26 Å². The Morgan fingerprint density at radius 1 is 1.33 bits per heavy atom. The van der Waals surface area contributed by atoms with Gasteiger partial charge in [0.05, 0.1) is 11.4 Å². The number of nitrogens with two attached hydrogens (primary N) is 1. The summed E-state index contributed by atoms with van der Waals surface area (Å²) in [7, 11) is 0. The Balaban J connectivity index is 2.17. The Hall–Kier alpha value is -2.16. The van der Waals surface area contributed by atoms with E-state index in [0.717, 1.165) is 42.9 Å². The van der Waals surface area contributed by atoms with Crippen molar-refractivity contribution in [2.24, 2.45) is 10.7 Å². The molecule has 0 radical (unpaired) electrons. The van der Waals surface area contributed by atoms with E-state index in [1.165, 1.54) is 0 Å². The number of hydrogen-bond donors (Lipinski definition) is 2. The van der Waals surface area contributed by atoms with E-state index in [2.05, 4.69) is 33.4 Å². The molecule has 1 atom stereocenters. The molecule has 21 heavy (non-hydrogen) atoms. The van der Waals surface area contributed by atoms with Crippen LogP contribution < -0.4 is 11.1 Å². The van der Waals surface area contributed by atoms with Gasteiger partial charge in [-0.05, 0) is 31.9 Å². The fourth-order valence-corrected chi connectivity index (χ4v) is 3.02. The Labute approximate surface area is 124 Å². The van der Waals surface area contributed by atoms with Crippen molar-refractivity contribution in [1.82, 2.24) is 10.2 Å². The van der Waals surface area contributed by atoms with E-state index in [4.69, 9.17) is 5.73 Å². The lowest BCUT2D eigenvalue weighted by molar-refractivity contribution is 0.211. The van der Waals surface area contributed by atoms with Gasteiger partial charge in [-0.3, -0.25) is 11.1 Å². The number of aliphatic imine (C=N–C) groups is 1. The molecule has 2 heterocycles. The van der Waals surface area contributed by atoms with Gasteiger partial charge >= 0.3 is 0 Å². The number of nitriles is 1. The summed E-state index contributed by atoms with van der Waals surface area (Å²) in [6, 6.07) is 12.3. The quantitative estimate of drug-likeness (QED) is 0.820. The predicted molar refractivity (Wildman–Crippen MR) is 82.9 cm³/mol. The van der Waals surface area contributed by atoms with E-state index in [9.17, 15) is 5.26 Å². The van der Waals surface area contributed by atoms with Gasteiger partial charge in [0.1, 0.15) is 6.07 Å². The lowest BCUT2D eigenvalue weighted by Crippen LogP contribution is -2.69.